The molecular formula is C10H15NO3. The molecule has 0 saturated carbocycles. The first-order chi connectivity index (χ1) is 6.57. The second kappa shape index (κ2) is 4.26. The molecular weight excluding hydrogens is 182 g/mol. The Labute approximate surface area is 83.2 Å². The van der Waals surface area contributed by atoms with Gasteiger partial charge in [-0.25, -0.2) is 4.79 Å². The average molecular weight is 197 g/mol. The van der Waals surface area contributed by atoms with Gasteiger partial charge < -0.3 is 10.0 Å². The first kappa shape index (κ1) is 10.8. The van der Waals surface area contributed by atoms with Gasteiger partial charge in [-0.05, 0) is 26.7 Å². The third-order valence-electron chi connectivity index (χ3n) is 2.57. The van der Waals surface area contributed by atoms with Crippen LogP contribution in [0.15, 0.2) is 11.6 Å². The summed E-state index contributed by atoms with van der Waals surface area (Å²) in [5.74, 6) is -1.06. The number of carbonyl (C=O) groups is 2. The van der Waals surface area contributed by atoms with Crippen LogP contribution in [0.4, 0.5) is 0 Å². The summed E-state index contributed by atoms with van der Waals surface area (Å²) in [6, 6.07) is -0.627. The van der Waals surface area contributed by atoms with Gasteiger partial charge >= 0.3 is 5.97 Å². The zero-order valence-corrected chi connectivity index (χ0v) is 8.49. The first-order valence-electron chi connectivity index (χ1n) is 4.74. The number of hydrogen-bond donors (Lipinski definition) is 1. The lowest BCUT2D eigenvalue weighted by molar-refractivity contribution is -0.146. The third kappa shape index (κ3) is 1.95. The number of nitrogens with zero attached hydrogens (tertiary/aromatic N) is 1. The number of amides is 1. The van der Waals surface area contributed by atoms with Gasteiger partial charge in [0.25, 0.3) is 0 Å². The molecule has 0 unspecified atom stereocenters. The predicted octanol–water partition coefficient (Wildman–Crippen LogP) is 1.03. The summed E-state index contributed by atoms with van der Waals surface area (Å²) in [4.78, 5) is 23.9. The maximum absolute atomic E-state index is 11.7. The standard InChI is InChI=1S/C10H15NO3/c1-3-7(2)9(12)11-6-4-5-8(11)10(13)14/h3,8H,4-6H2,1-2H3,(H,13,14)/b7-3-/t8-/m0/s1. The molecule has 14 heavy (non-hydrogen) atoms. The number of carboxylic acids is 1. The van der Waals surface area contributed by atoms with Gasteiger partial charge in [0, 0.05) is 12.1 Å². The van der Waals surface area contributed by atoms with Gasteiger partial charge in [-0.1, -0.05) is 6.08 Å². The molecule has 4 nitrogen and oxygen atoms in total. The quantitative estimate of drug-likeness (QED) is 0.672. The van der Waals surface area contributed by atoms with E-state index >= 15 is 0 Å². The fourth-order valence-electron chi connectivity index (χ4n) is 1.62. The molecule has 1 aliphatic rings. The Hall–Kier alpha value is -1.32. The molecule has 1 rings (SSSR count). The van der Waals surface area contributed by atoms with E-state index in [1.54, 1.807) is 19.9 Å². The molecule has 0 radical (unpaired) electrons. The molecule has 0 aromatic rings. The van der Waals surface area contributed by atoms with Crippen molar-refractivity contribution in [2.24, 2.45) is 0 Å². The number of aliphatic carboxylic acids is 1. The van der Waals surface area contributed by atoms with E-state index in [0.717, 1.165) is 6.42 Å². The maximum Gasteiger partial charge on any atom is 0.326 e. The van der Waals surface area contributed by atoms with Crippen LogP contribution < -0.4 is 0 Å². The largest absolute Gasteiger partial charge is 0.480 e. The van der Waals surface area contributed by atoms with E-state index in [9.17, 15) is 9.59 Å². The van der Waals surface area contributed by atoms with E-state index in [1.165, 1.54) is 4.90 Å². The third-order valence-corrected chi connectivity index (χ3v) is 2.57. The molecule has 0 spiro atoms. The maximum atomic E-state index is 11.7. The van der Waals surface area contributed by atoms with Crippen molar-refractivity contribution in [3.8, 4) is 0 Å². The molecule has 1 amide bonds. The normalized spacial score (nSPS) is 22.6. The molecule has 1 heterocycles. The van der Waals surface area contributed by atoms with Gasteiger partial charge in [-0.15, -0.1) is 0 Å². The minimum Gasteiger partial charge on any atom is -0.480 e. The first-order valence-corrected chi connectivity index (χ1v) is 4.74. The highest BCUT2D eigenvalue weighted by Gasteiger charge is 2.33. The topological polar surface area (TPSA) is 57.6 Å². The lowest BCUT2D eigenvalue weighted by atomic mass is 10.2. The zero-order chi connectivity index (χ0) is 10.7. The Morgan fingerprint density at radius 1 is 1.50 bits per heavy atom. The number of rotatable bonds is 2. The highest BCUT2D eigenvalue weighted by molar-refractivity contribution is 5.95. The van der Waals surface area contributed by atoms with E-state index in [0.29, 0.717) is 18.5 Å². The Kier molecular flexibility index (Phi) is 3.28. The van der Waals surface area contributed by atoms with Crippen molar-refractivity contribution < 1.29 is 14.7 Å². The summed E-state index contributed by atoms with van der Waals surface area (Å²) in [5, 5.41) is 8.87. The number of hydrogen-bond acceptors (Lipinski definition) is 2. The molecule has 1 aliphatic heterocycles. The van der Waals surface area contributed by atoms with Crippen LogP contribution in [0, 0.1) is 0 Å². The number of allylic oxidation sites excluding steroid dienone is 1. The summed E-state index contributed by atoms with van der Waals surface area (Å²) < 4.78 is 0. The molecule has 4 heteroatoms. The SMILES string of the molecule is C/C=C(/C)C(=O)N1CCC[C@H]1C(=O)O. The number of likely N-dealkylation sites (tertiary alicyclic amines) is 1. The van der Waals surface area contributed by atoms with Gasteiger partial charge in [0.05, 0.1) is 0 Å². The minimum atomic E-state index is -0.903. The Bertz CT molecular complexity index is 283. The molecule has 0 bridgehead atoms. The summed E-state index contributed by atoms with van der Waals surface area (Å²) in [6.45, 7) is 4.04. The lowest BCUT2D eigenvalue weighted by Gasteiger charge is -2.21. The van der Waals surface area contributed by atoms with Crippen molar-refractivity contribution in [3.05, 3.63) is 11.6 Å². The second-order valence-electron chi connectivity index (χ2n) is 3.47. The smallest absolute Gasteiger partial charge is 0.326 e. The van der Waals surface area contributed by atoms with Crippen LogP contribution in [0.1, 0.15) is 26.7 Å². The lowest BCUT2D eigenvalue weighted by Crippen LogP contribution is -2.40. The average Bonchev–Trinajstić information content (AvgIpc) is 2.63. The van der Waals surface area contributed by atoms with Crippen molar-refractivity contribution in [1.82, 2.24) is 4.90 Å². The highest BCUT2D eigenvalue weighted by Crippen LogP contribution is 2.19. The van der Waals surface area contributed by atoms with E-state index in [1.807, 2.05) is 0 Å². The Morgan fingerprint density at radius 3 is 2.64 bits per heavy atom. The molecule has 0 aliphatic carbocycles. The molecule has 0 aromatic heterocycles. The molecule has 1 fully saturated rings. The summed E-state index contributed by atoms with van der Waals surface area (Å²) in [7, 11) is 0. The Morgan fingerprint density at radius 2 is 2.14 bits per heavy atom. The van der Waals surface area contributed by atoms with Crippen molar-refractivity contribution in [3.63, 3.8) is 0 Å². The minimum absolute atomic E-state index is 0.155. The molecule has 1 saturated heterocycles. The highest BCUT2D eigenvalue weighted by atomic mass is 16.4. The molecule has 1 atom stereocenters. The number of carbonyl (C=O) groups excluding carboxylic acids is 1. The van der Waals surface area contributed by atoms with Crippen LogP contribution in [0.2, 0.25) is 0 Å². The van der Waals surface area contributed by atoms with E-state index < -0.39 is 12.0 Å². The van der Waals surface area contributed by atoms with Crippen molar-refractivity contribution in [1.29, 1.82) is 0 Å². The van der Waals surface area contributed by atoms with Crippen LogP contribution in [-0.4, -0.2) is 34.5 Å². The second-order valence-corrected chi connectivity index (χ2v) is 3.47. The monoisotopic (exact) mass is 197 g/mol. The van der Waals surface area contributed by atoms with Crippen molar-refractivity contribution in [2.45, 2.75) is 32.7 Å². The zero-order valence-electron chi connectivity index (χ0n) is 8.49. The van der Waals surface area contributed by atoms with Gasteiger partial charge in [-0.2, -0.15) is 0 Å². The van der Waals surface area contributed by atoms with Crippen LogP contribution in [-0.2, 0) is 9.59 Å². The number of carboxylic acid groups (broad SMARTS) is 1. The van der Waals surface area contributed by atoms with E-state index in [2.05, 4.69) is 0 Å². The van der Waals surface area contributed by atoms with Crippen LogP contribution in [0.25, 0.3) is 0 Å². The fourth-order valence-corrected chi connectivity index (χ4v) is 1.62. The van der Waals surface area contributed by atoms with Gasteiger partial charge in [0.2, 0.25) is 5.91 Å². The van der Waals surface area contributed by atoms with Crippen LogP contribution in [0.5, 0.6) is 0 Å². The van der Waals surface area contributed by atoms with Gasteiger partial charge in [0.15, 0.2) is 0 Å². The summed E-state index contributed by atoms with van der Waals surface area (Å²) in [6.07, 6.45) is 3.05. The van der Waals surface area contributed by atoms with Crippen LogP contribution >= 0.6 is 0 Å². The Balaban J connectivity index is 2.77. The summed E-state index contributed by atoms with van der Waals surface area (Å²) >= 11 is 0. The van der Waals surface area contributed by atoms with Gasteiger partial charge in [0.1, 0.15) is 6.04 Å². The van der Waals surface area contributed by atoms with E-state index in [4.69, 9.17) is 5.11 Å². The fraction of sp³-hybridized carbons (Fsp3) is 0.600. The summed E-state index contributed by atoms with van der Waals surface area (Å²) in [5.41, 5.74) is 0.609. The van der Waals surface area contributed by atoms with Crippen molar-refractivity contribution in [2.75, 3.05) is 6.54 Å². The van der Waals surface area contributed by atoms with Crippen molar-refractivity contribution >= 4 is 11.9 Å². The van der Waals surface area contributed by atoms with Crippen LogP contribution in [0.3, 0.4) is 0 Å². The van der Waals surface area contributed by atoms with E-state index in [-0.39, 0.29) is 5.91 Å². The van der Waals surface area contributed by atoms with Gasteiger partial charge in [-0.3, -0.25) is 4.79 Å². The molecule has 0 aromatic carbocycles. The predicted molar refractivity (Wildman–Crippen MR) is 51.8 cm³/mol. The molecule has 1 N–H and O–H groups in total. The molecule has 78 valence electrons.